The van der Waals surface area contributed by atoms with Crippen molar-refractivity contribution in [2.75, 3.05) is 7.05 Å². The first kappa shape index (κ1) is 13.1. The second-order valence-electron chi connectivity index (χ2n) is 3.79. The predicted molar refractivity (Wildman–Crippen MR) is 62.5 cm³/mol. The van der Waals surface area contributed by atoms with Gasteiger partial charge in [-0.2, -0.15) is 0 Å². The Kier molecular flexibility index (Phi) is 4.59. The molecule has 92 valence electrons. The molecule has 1 unspecified atom stereocenters. The molecular weight excluding hydrogens is 220 g/mol. The summed E-state index contributed by atoms with van der Waals surface area (Å²) in [5.74, 6) is -0.911. The van der Waals surface area contributed by atoms with Crippen molar-refractivity contribution in [2.45, 2.75) is 19.0 Å². The lowest BCUT2D eigenvalue weighted by Gasteiger charge is -2.20. The highest BCUT2D eigenvalue weighted by molar-refractivity contribution is 5.87. The molecule has 1 atom stereocenters. The average molecular weight is 236 g/mol. The monoisotopic (exact) mass is 236 g/mol. The fourth-order valence-corrected chi connectivity index (χ4v) is 1.40. The normalized spacial score (nSPS) is 11.9. The van der Waals surface area contributed by atoms with Crippen molar-refractivity contribution in [3.8, 4) is 0 Å². The molecule has 4 N–H and O–H groups in total. The summed E-state index contributed by atoms with van der Waals surface area (Å²) in [6.45, 7) is 0.353. The van der Waals surface area contributed by atoms with Crippen molar-refractivity contribution in [3.05, 3.63) is 30.1 Å². The molecule has 17 heavy (non-hydrogen) atoms. The van der Waals surface area contributed by atoms with E-state index in [-0.39, 0.29) is 12.3 Å². The maximum absolute atomic E-state index is 11.7. The number of amides is 2. The van der Waals surface area contributed by atoms with Crippen LogP contribution in [0.3, 0.4) is 0 Å². The van der Waals surface area contributed by atoms with Gasteiger partial charge in [0.15, 0.2) is 0 Å². The summed E-state index contributed by atoms with van der Waals surface area (Å²) in [5.41, 5.74) is 11.3. The summed E-state index contributed by atoms with van der Waals surface area (Å²) in [7, 11) is 1.61. The number of hydrogen-bond acceptors (Lipinski definition) is 4. The number of likely N-dealkylation sites (N-methyl/N-ethyl adjacent to an activating group) is 1. The molecule has 0 fully saturated rings. The van der Waals surface area contributed by atoms with E-state index in [2.05, 4.69) is 4.98 Å². The average Bonchev–Trinajstić information content (AvgIpc) is 2.28. The summed E-state index contributed by atoms with van der Waals surface area (Å²) >= 11 is 0. The van der Waals surface area contributed by atoms with Gasteiger partial charge in [0, 0.05) is 13.2 Å². The Bertz CT molecular complexity index is 394. The maximum atomic E-state index is 11.7. The minimum absolute atomic E-state index is 0.147. The third kappa shape index (κ3) is 4.20. The van der Waals surface area contributed by atoms with Crippen LogP contribution in [0.4, 0.5) is 0 Å². The highest BCUT2D eigenvalue weighted by atomic mass is 16.2. The molecule has 0 aromatic carbocycles. The second kappa shape index (κ2) is 5.95. The number of rotatable bonds is 5. The van der Waals surface area contributed by atoms with Gasteiger partial charge in [-0.05, 0) is 12.1 Å². The van der Waals surface area contributed by atoms with Crippen molar-refractivity contribution in [1.82, 2.24) is 9.88 Å². The molecule has 6 heteroatoms. The summed E-state index contributed by atoms with van der Waals surface area (Å²) in [4.78, 5) is 27.9. The molecule has 1 aromatic heterocycles. The van der Waals surface area contributed by atoms with E-state index < -0.39 is 11.9 Å². The van der Waals surface area contributed by atoms with E-state index in [4.69, 9.17) is 11.5 Å². The fourth-order valence-electron chi connectivity index (χ4n) is 1.40. The molecule has 6 nitrogen and oxygen atoms in total. The van der Waals surface area contributed by atoms with Crippen LogP contribution in [-0.2, 0) is 16.1 Å². The van der Waals surface area contributed by atoms with Crippen LogP contribution in [0.25, 0.3) is 0 Å². The molecule has 0 aliphatic carbocycles. The molecule has 0 saturated heterocycles. The zero-order valence-corrected chi connectivity index (χ0v) is 9.67. The van der Waals surface area contributed by atoms with E-state index in [1.807, 2.05) is 12.1 Å². The van der Waals surface area contributed by atoms with Gasteiger partial charge in [-0.3, -0.25) is 14.6 Å². The van der Waals surface area contributed by atoms with Crippen molar-refractivity contribution in [3.63, 3.8) is 0 Å². The predicted octanol–water partition coefficient (Wildman–Crippen LogP) is -0.757. The number of hydrogen-bond donors (Lipinski definition) is 2. The van der Waals surface area contributed by atoms with E-state index >= 15 is 0 Å². The lowest BCUT2D eigenvalue weighted by Crippen LogP contribution is -2.43. The molecule has 0 radical (unpaired) electrons. The second-order valence-corrected chi connectivity index (χ2v) is 3.79. The van der Waals surface area contributed by atoms with Gasteiger partial charge in [0.05, 0.1) is 24.7 Å². The summed E-state index contributed by atoms with van der Waals surface area (Å²) in [5, 5.41) is 0. The minimum atomic E-state index is -0.888. The van der Waals surface area contributed by atoms with Crippen molar-refractivity contribution < 1.29 is 9.59 Å². The van der Waals surface area contributed by atoms with Gasteiger partial charge in [0.25, 0.3) is 0 Å². The molecule has 0 aliphatic heterocycles. The first-order chi connectivity index (χ1) is 8.00. The third-order valence-corrected chi connectivity index (χ3v) is 2.24. The van der Waals surface area contributed by atoms with Gasteiger partial charge >= 0.3 is 0 Å². The van der Waals surface area contributed by atoms with Gasteiger partial charge in [0.2, 0.25) is 11.8 Å². The van der Waals surface area contributed by atoms with E-state index in [0.717, 1.165) is 5.69 Å². The van der Waals surface area contributed by atoms with Crippen LogP contribution in [0.1, 0.15) is 12.1 Å². The van der Waals surface area contributed by atoms with Gasteiger partial charge in [0.1, 0.15) is 0 Å². The quantitative estimate of drug-likeness (QED) is 0.701. The van der Waals surface area contributed by atoms with Gasteiger partial charge < -0.3 is 16.4 Å². The molecule has 1 aromatic rings. The first-order valence-electron chi connectivity index (χ1n) is 5.19. The largest absolute Gasteiger partial charge is 0.370 e. The number of primary amides is 1. The topological polar surface area (TPSA) is 102 Å². The molecule has 0 spiro atoms. The van der Waals surface area contributed by atoms with Crippen molar-refractivity contribution in [1.29, 1.82) is 0 Å². The van der Waals surface area contributed by atoms with E-state index in [1.165, 1.54) is 4.90 Å². The Morgan fingerprint density at radius 1 is 1.47 bits per heavy atom. The molecule has 0 bridgehead atoms. The van der Waals surface area contributed by atoms with Crippen LogP contribution < -0.4 is 11.5 Å². The number of nitrogens with two attached hydrogens (primary N) is 2. The minimum Gasteiger partial charge on any atom is -0.370 e. The highest BCUT2D eigenvalue weighted by Crippen LogP contribution is 2.01. The van der Waals surface area contributed by atoms with E-state index in [1.54, 1.807) is 19.3 Å². The van der Waals surface area contributed by atoms with Crippen LogP contribution in [0, 0.1) is 0 Å². The summed E-state index contributed by atoms with van der Waals surface area (Å²) in [6.07, 6.45) is 1.50. The molecule has 2 amide bonds. The van der Waals surface area contributed by atoms with Crippen molar-refractivity contribution in [2.24, 2.45) is 11.5 Å². The highest BCUT2D eigenvalue weighted by Gasteiger charge is 2.20. The molecule has 1 rings (SSSR count). The fraction of sp³-hybridized carbons (Fsp3) is 0.364. The third-order valence-electron chi connectivity index (χ3n) is 2.24. The number of carbonyl (C=O) groups excluding carboxylic acids is 2. The number of pyridine rings is 1. The number of aromatic nitrogens is 1. The van der Waals surface area contributed by atoms with Crippen LogP contribution in [0.2, 0.25) is 0 Å². The van der Waals surface area contributed by atoms with Crippen LogP contribution in [0.15, 0.2) is 24.4 Å². The van der Waals surface area contributed by atoms with Gasteiger partial charge in [-0.15, -0.1) is 0 Å². The molecular formula is C11H16N4O2. The Morgan fingerprint density at radius 3 is 2.71 bits per heavy atom. The Hall–Kier alpha value is -1.95. The number of nitrogens with zero attached hydrogens (tertiary/aromatic N) is 2. The van der Waals surface area contributed by atoms with Crippen molar-refractivity contribution >= 4 is 11.8 Å². The van der Waals surface area contributed by atoms with Crippen LogP contribution in [-0.4, -0.2) is 34.8 Å². The standard InChI is InChI=1S/C11H16N4O2/c1-15(7-8-4-2-3-5-14-8)11(17)9(12)6-10(13)16/h2-5,9H,6-7,12H2,1H3,(H2,13,16). The maximum Gasteiger partial charge on any atom is 0.240 e. The SMILES string of the molecule is CN(Cc1ccccn1)C(=O)C(N)CC(N)=O. The molecule has 1 heterocycles. The first-order valence-corrected chi connectivity index (χ1v) is 5.19. The Balaban J connectivity index is 2.55. The Labute approximate surface area is 99.6 Å². The lowest BCUT2D eigenvalue weighted by atomic mass is 10.2. The van der Waals surface area contributed by atoms with E-state index in [0.29, 0.717) is 6.54 Å². The smallest absolute Gasteiger partial charge is 0.240 e. The van der Waals surface area contributed by atoms with E-state index in [9.17, 15) is 9.59 Å². The zero-order chi connectivity index (χ0) is 12.8. The number of carbonyl (C=O) groups is 2. The lowest BCUT2D eigenvalue weighted by molar-refractivity contribution is -0.134. The van der Waals surface area contributed by atoms with Crippen LogP contribution in [0.5, 0.6) is 0 Å². The molecule has 0 aliphatic rings. The van der Waals surface area contributed by atoms with Gasteiger partial charge in [-0.25, -0.2) is 0 Å². The zero-order valence-electron chi connectivity index (χ0n) is 9.67. The summed E-state index contributed by atoms with van der Waals surface area (Å²) in [6, 6.07) is 4.55. The summed E-state index contributed by atoms with van der Waals surface area (Å²) < 4.78 is 0. The van der Waals surface area contributed by atoms with Crippen LogP contribution >= 0.6 is 0 Å². The molecule has 0 saturated carbocycles. The van der Waals surface area contributed by atoms with Gasteiger partial charge in [-0.1, -0.05) is 6.07 Å². The Morgan fingerprint density at radius 2 is 2.18 bits per heavy atom.